The number of carbonyl (C=O) groups is 1. The zero-order chi connectivity index (χ0) is 19.1. The second kappa shape index (κ2) is 9.27. The normalized spacial score (nSPS) is 11.9. The van der Waals surface area contributed by atoms with E-state index >= 15 is 0 Å². The average Bonchev–Trinajstić information content (AvgIpc) is 2.61. The molecule has 0 spiro atoms. The van der Waals surface area contributed by atoms with Gasteiger partial charge in [-0.1, -0.05) is 31.2 Å². The van der Waals surface area contributed by atoms with Crippen LogP contribution in [-0.2, 0) is 11.3 Å². The molecule has 0 aromatic heterocycles. The summed E-state index contributed by atoms with van der Waals surface area (Å²) in [5.74, 6) is 1.50. The van der Waals surface area contributed by atoms with Gasteiger partial charge < -0.3 is 14.8 Å². The standard InChI is InChI=1S/C22H29NO3/c1-6-20(26-21-9-7-8-16(4)17(21)5)22(24)23-14-18-10-12-19(13-11-18)25-15(2)3/h7-13,15,20H,6,14H2,1-5H3,(H,23,24)/t20-/m0/s1. The van der Waals surface area contributed by atoms with Crippen molar-refractivity contribution in [3.05, 3.63) is 59.2 Å². The maximum Gasteiger partial charge on any atom is 0.261 e. The Balaban J connectivity index is 1.93. The number of hydrogen-bond acceptors (Lipinski definition) is 3. The van der Waals surface area contributed by atoms with Gasteiger partial charge in [-0.2, -0.15) is 0 Å². The van der Waals surface area contributed by atoms with E-state index in [0.717, 1.165) is 28.2 Å². The van der Waals surface area contributed by atoms with Crippen molar-refractivity contribution in [2.24, 2.45) is 0 Å². The molecule has 0 heterocycles. The molecule has 4 heteroatoms. The third-order valence-corrected chi connectivity index (χ3v) is 4.25. The van der Waals surface area contributed by atoms with Gasteiger partial charge in [-0.25, -0.2) is 0 Å². The molecule has 0 aliphatic heterocycles. The van der Waals surface area contributed by atoms with Crippen LogP contribution < -0.4 is 14.8 Å². The van der Waals surface area contributed by atoms with E-state index in [0.29, 0.717) is 13.0 Å². The fourth-order valence-corrected chi connectivity index (χ4v) is 2.59. The number of rotatable bonds is 8. The van der Waals surface area contributed by atoms with E-state index in [9.17, 15) is 4.79 Å². The largest absolute Gasteiger partial charge is 0.491 e. The fraction of sp³-hybridized carbons (Fsp3) is 0.409. The molecule has 1 amide bonds. The third kappa shape index (κ3) is 5.51. The van der Waals surface area contributed by atoms with Crippen molar-refractivity contribution in [1.82, 2.24) is 5.32 Å². The summed E-state index contributed by atoms with van der Waals surface area (Å²) in [5, 5.41) is 2.96. The van der Waals surface area contributed by atoms with Crippen LogP contribution >= 0.6 is 0 Å². The van der Waals surface area contributed by atoms with E-state index in [1.807, 2.05) is 77.1 Å². The van der Waals surface area contributed by atoms with E-state index in [1.54, 1.807) is 0 Å². The molecule has 140 valence electrons. The van der Waals surface area contributed by atoms with Crippen molar-refractivity contribution in [3.8, 4) is 11.5 Å². The third-order valence-electron chi connectivity index (χ3n) is 4.25. The second-order valence-corrected chi connectivity index (χ2v) is 6.74. The Bertz CT molecular complexity index is 723. The molecule has 0 saturated heterocycles. The molecule has 0 unspecified atom stereocenters. The minimum atomic E-state index is -0.501. The highest BCUT2D eigenvalue weighted by Crippen LogP contribution is 2.22. The van der Waals surface area contributed by atoms with Crippen molar-refractivity contribution < 1.29 is 14.3 Å². The summed E-state index contributed by atoms with van der Waals surface area (Å²) in [6, 6.07) is 13.7. The summed E-state index contributed by atoms with van der Waals surface area (Å²) in [4.78, 5) is 12.5. The lowest BCUT2D eigenvalue weighted by atomic mass is 10.1. The van der Waals surface area contributed by atoms with Gasteiger partial charge >= 0.3 is 0 Å². The molecule has 2 rings (SSSR count). The molecule has 0 fully saturated rings. The predicted octanol–water partition coefficient (Wildman–Crippen LogP) is 4.56. The van der Waals surface area contributed by atoms with Crippen molar-refractivity contribution in [2.45, 2.75) is 59.8 Å². The first-order chi connectivity index (χ1) is 12.4. The number of hydrogen-bond donors (Lipinski definition) is 1. The molecule has 26 heavy (non-hydrogen) atoms. The highest BCUT2D eigenvalue weighted by molar-refractivity contribution is 5.81. The zero-order valence-corrected chi connectivity index (χ0v) is 16.3. The Labute approximate surface area is 156 Å². The molecule has 0 radical (unpaired) electrons. The summed E-state index contributed by atoms with van der Waals surface area (Å²) < 4.78 is 11.6. The van der Waals surface area contributed by atoms with Crippen LogP contribution in [0.15, 0.2) is 42.5 Å². The first-order valence-corrected chi connectivity index (χ1v) is 9.16. The molecule has 0 aliphatic rings. The van der Waals surface area contributed by atoms with Crippen LogP contribution in [0.25, 0.3) is 0 Å². The molecule has 0 bridgehead atoms. The van der Waals surface area contributed by atoms with E-state index in [2.05, 4.69) is 5.32 Å². The Morgan fingerprint density at radius 3 is 2.35 bits per heavy atom. The second-order valence-electron chi connectivity index (χ2n) is 6.74. The van der Waals surface area contributed by atoms with E-state index in [1.165, 1.54) is 0 Å². The van der Waals surface area contributed by atoms with Gasteiger partial charge in [0, 0.05) is 6.54 Å². The Hall–Kier alpha value is -2.49. The van der Waals surface area contributed by atoms with Crippen molar-refractivity contribution in [2.75, 3.05) is 0 Å². The highest BCUT2D eigenvalue weighted by Gasteiger charge is 2.19. The van der Waals surface area contributed by atoms with Crippen LogP contribution in [-0.4, -0.2) is 18.1 Å². The maximum absolute atomic E-state index is 12.5. The fourth-order valence-electron chi connectivity index (χ4n) is 2.59. The smallest absolute Gasteiger partial charge is 0.261 e. The van der Waals surface area contributed by atoms with Gasteiger partial charge in [0.1, 0.15) is 11.5 Å². The van der Waals surface area contributed by atoms with E-state index < -0.39 is 6.10 Å². The molecule has 0 aliphatic carbocycles. The molecule has 1 N–H and O–H groups in total. The SMILES string of the molecule is CC[C@H](Oc1cccc(C)c1C)C(=O)NCc1ccc(OC(C)C)cc1. The topological polar surface area (TPSA) is 47.6 Å². The van der Waals surface area contributed by atoms with Gasteiger partial charge in [0.2, 0.25) is 0 Å². The number of nitrogens with one attached hydrogen (secondary N) is 1. The number of benzene rings is 2. The minimum absolute atomic E-state index is 0.101. The molecule has 4 nitrogen and oxygen atoms in total. The highest BCUT2D eigenvalue weighted by atomic mass is 16.5. The number of ether oxygens (including phenoxy) is 2. The van der Waals surface area contributed by atoms with Gasteiger partial charge in [-0.3, -0.25) is 4.79 Å². The number of aryl methyl sites for hydroxylation is 1. The number of carbonyl (C=O) groups excluding carboxylic acids is 1. The van der Waals surface area contributed by atoms with Crippen LogP contribution in [0.5, 0.6) is 11.5 Å². The summed E-state index contributed by atoms with van der Waals surface area (Å²) >= 11 is 0. The van der Waals surface area contributed by atoms with Crippen LogP contribution in [0.4, 0.5) is 0 Å². The molecular weight excluding hydrogens is 326 g/mol. The minimum Gasteiger partial charge on any atom is -0.491 e. The Morgan fingerprint density at radius 2 is 1.73 bits per heavy atom. The lowest BCUT2D eigenvalue weighted by Crippen LogP contribution is -2.37. The van der Waals surface area contributed by atoms with Crippen LogP contribution in [0, 0.1) is 13.8 Å². The van der Waals surface area contributed by atoms with Gasteiger partial charge in [-0.15, -0.1) is 0 Å². The molecular formula is C22H29NO3. The maximum atomic E-state index is 12.5. The van der Waals surface area contributed by atoms with Crippen molar-refractivity contribution in [3.63, 3.8) is 0 Å². The lowest BCUT2D eigenvalue weighted by Gasteiger charge is -2.19. The lowest BCUT2D eigenvalue weighted by molar-refractivity contribution is -0.128. The van der Waals surface area contributed by atoms with Crippen molar-refractivity contribution >= 4 is 5.91 Å². The van der Waals surface area contributed by atoms with E-state index in [-0.39, 0.29) is 12.0 Å². The first-order valence-electron chi connectivity index (χ1n) is 9.16. The summed E-state index contributed by atoms with van der Waals surface area (Å²) in [6.45, 7) is 10.5. The number of amides is 1. The first kappa shape index (κ1) is 19.8. The quantitative estimate of drug-likeness (QED) is 0.755. The molecule has 2 aromatic carbocycles. The van der Waals surface area contributed by atoms with Crippen LogP contribution in [0.3, 0.4) is 0 Å². The average molecular weight is 355 g/mol. The Morgan fingerprint density at radius 1 is 1.04 bits per heavy atom. The van der Waals surface area contributed by atoms with Crippen LogP contribution in [0.1, 0.15) is 43.9 Å². The monoisotopic (exact) mass is 355 g/mol. The molecule has 2 aromatic rings. The van der Waals surface area contributed by atoms with Crippen LogP contribution in [0.2, 0.25) is 0 Å². The van der Waals surface area contributed by atoms with Gasteiger partial charge in [0.05, 0.1) is 6.10 Å². The predicted molar refractivity (Wildman–Crippen MR) is 105 cm³/mol. The van der Waals surface area contributed by atoms with E-state index in [4.69, 9.17) is 9.47 Å². The summed E-state index contributed by atoms with van der Waals surface area (Å²) in [7, 11) is 0. The molecule has 0 saturated carbocycles. The van der Waals surface area contributed by atoms with Gasteiger partial charge in [0.25, 0.3) is 5.91 Å². The zero-order valence-electron chi connectivity index (χ0n) is 16.3. The van der Waals surface area contributed by atoms with Crippen molar-refractivity contribution in [1.29, 1.82) is 0 Å². The van der Waals surface area contributed by atoms with Gasteiger partial charge in [0.15, 0.2) is 6.10 Å². The summed E-state index contributed by atoms with van der Waals surface area (Å²) in [5.41, 5.74) is 3.25. The molecule has 1 atom stereocenters. The Kier molecular flexibility index (Phi) is 7.07. The summed E-state index contributed by atoms with van der Waals surface area (Å²) in [6.07, 6.45) is 0.257. The van der Waals surface area contributed by atoms with Gasteiger partial charge in [-0.05, 0) is 69.0 Å².